The van der Waals surface area contributed by atoms with E-state index in [0.29, 0.717) is 11.4 Å². The number of hydrogen-bond acceptors (Lipinski definition) is 6. The van der Waals surface area contributed by atoms with Gasteiger partial charge < -0.3 is 25.8 Å². The summed E-state index contributed by atoms with van der Waals surface area (Å²) in [6.07, 6.45) is 3.70. The first-order valence-corrected chi connectivity index (χ1v) is 10.3. The largest absolute Gasteiger partial charge is 0.474 e. The maximum Gasteiger partial charge on any atom is 0.252 e. The number of nitrogens with one attached hydrogen (secondary N) is 3. The summed E-state index contributed by atoms with van der Waals surface area (Å²) in [7, 11) is 0. The molecule has 1 fully saturated rings. The molecule has 2 atom stereocenters. The molecule has 1 saturated heterocycles. The Morgan fingerprint density at radius 3 is 2.53 bits per heavy atom. The summed E-state index contributed by atoms with van der Waals surface area (Å²) < 4.78 is 5.87. The van der Waals surface area contributed by atoms with Crippen LogP contribution in [0, 0.1) is 0 Å². The highest BCUT2D eigenvalue weighted by atomic mass is 35.5. The third kappa shape index (κ3) is 7.47. The van der Waals surface area contributed by atoms with Crippen molar-refractivity contribution in [3.05, 3.63) is 59.3 Å². The van der Waals surface area contributed by atoms with E-state index in [2.05, 4.69) is 33.1 Å². The van der Waals surface area contributed by atoms with Gasteiger partial charge >= 0.3 is 0 Å². The SMILES string of the molecule is Cl.Cl.Cl.O=C(NCC(O)C1Cc2ccccc2CN1)c1ccc(OC2CCNCC2)nc1. The van der Waals surface area contributed by atoms with Gasteiger partial charge in [-0.3, -0.25) is 4.79 Å². The molecular weight excluding hydrogens is 475 g/mol. The van der Waals surface area contributed by atoms with Crippen molar-refractivity contribution in [2.45, 2.75) is 44.1 Å². The number of nitrogens with zero attached hydrogens (tertiary/aromatic N) is 1. The zero-order valence-corrected chi connectivity index (χ0v) is 20.1. The van der Waals surface area contributed by atoms with Gasteiger partial charge in [0.25, 0.3) is 5.91 Å². The fraction of sp³-hybridized carbons (Fsp3) is 0.455. The summed E-state index contributed by atoms with van der Waals surface area (Å²) in [6.45, 7) is 2.82. The lowest BCUT2D eigenvalue weighted by atomic mass is 9.93. The number of pyridine rings is 1. The molecule has 2 aliphatic rings. The molecule has 10 heteroatoms. The van der Waals surface area contributed by atoms with Crippen LogP contribution in [0.3, 0.4) is 0 Å². The fourth-order valence-corrected chi connectivity index (χ4v) is 3.86. The number of aromatic nitrogens is 1. The monoisotopic (exact) mass is 504 g/mol. The molecule has 4 N–H and O–H groups in total. The first-order valence-electron chi connectivity index (χ1n) is 10.3. The number of amides is 1. The molecular formula is C22H31Cl3N4O3. The number of carbonyl (C=O) groups excluding carboxylic acids is 1. The molecule has 32 heavy (non-hydrogen) atoms. The molecule has 0 bridgehead atoms. The molecule has 2 aromatic rings. The first-order chi connectivity index (χ1) is 14.2. The predicted molar refractivity (Wildman–Crippen MR) is 132 cm³/mol. The number of hydrogen-bond donors (Lipinski definition) is 4. The Balaban J connectivity index is 0.00000171. The third-order valence-corrected chi connectivity index (χ3v) is 5.62. The van der Waals surface area contributed by atoms with Crippen molar-refractivity contribution in [2.24, 2.45) is 0 Å². The molecule has 0 saturated carbocycles. The average molecular weight is 506 g/mol. The minimum Gasteiger partial charge on any atom is -0.474 e. The van der Waals surface area contributed by atoms with Gasteiger partial charge in [0, 0.05) is 31.4 Å². The van der Waals surface area contributed by atoms with Crippen molar-refractivity contribution < 1.29 is 14.6 Å². The topological polar surface area (TPSA) is 95.5 Å². The van der Waals surface area contributed by atoms with E-state index < -0.39 is 6.10 Å². The summed E-state index contributed by atoms with van der Waals surface area (Å²) in [5, 5.41) is 20.0. The quantitative estimate of drug-likeness (QED) is 0.481. The lowest BCUT2D eigenvalue weighted by Gasteiger charge is -2.30. The van der Waals surface area contributed by atoms with E-state index in [1.165, 1.54) is 17.3 Å². The number of benzene rings is 1. The lowest BCUT2D eigenvalue weighted by molar-refractivity contribution is 0.0869. The molecule has 3 heterocycles. The van der Waals surface area contributed by atoms with Crippen LogP contribution in [0.25, 0.3) is 0 Å². The number of halogens is 3. The van der Waals surface area contributed by atoms with Gasteiger partial charge in [0.1, 0.15) is 6.10 Å². The minimum atomic E-state index is -0.664. The summed E-state index contributed by atoms with van der Waals surface area (Å²) in [5.74, 6) is 0.291. The predicted octanol–water partition coefficient (Wildman–Crippen LogP) is 2.28. The molecule has 4 rings (SSSR count). The van der Waals surface area contributed by atoms with E-state index in [9.17, 15) is 9.90 Å². The van der Waals surface area contributed by atoms with Gasteiger partial charge in [0.15, 0.2) is 0 Å². The van der Waals surface area contributed by atoms with Crippen LogP contribution in [0.1, 0.15) is 34.3 Å². The number of carbonyl (C=O) groups is 1. The third-order valence-electron chi connectivity index (χ3n) is 5.62. The van der Waals surface area contributed by atoms with E-state index >= 15 is 0 Å². The standard InChI is InChI=1S/C22H28N4O3.3ClH/c27-20(19-11-15-3-1-2-4-16(15)12-24-19)14-26-22(28)17-5-6-21(25-13-17)29-18-7-9-23-10-8-18;;;/h1-6,13,18-20,23-24,27H,7-12,14H2,(H,26,28);3*1H. The molecule has 1 aromatic carbocycles. The van der Waals surface area contributed by atoms with Crippen LogP contribution in [0.5, 0.6) is 5.88 Å². The van der Waals surface area contributed by atoms with Gasteiger partial charge in [-0.25, -0.2) is 4.98 Å². The van der Waals surface area contributed by atoms with Crippen molar-refractivity contribution >= 4 is 43.1 Å². The van der Waals surface area contributed by atoms with Crippen molar-refractivity contribution in [3.8, 4) is 5.88 Å². The Hall–Kier alpha value is -1.61. The molecule has 178 valence electrons. The van der Waals surface area contributed by atoms with E-state index in [0.717, 1.165) is 38.9 Å². The Morgan fingerprint density at radius 2 is 1.84 bits per heavy atom. The highest BCUT2D eigenvalue weighted by Gasteiger charge is 2.24. The van der Waals surface area contributed by atoms with Gasteiger partial charge in [-0.05, 0) is 49.5 Å². The molecule has 2 unspecified atom stereocenters. The lowest BCUT2D eigenvalue weighted by Crippen LogP contribution is -2.49. The van der Waals surface area contributed by atoms with Gasteiger partial charge in [-0.2, -0.15) is 0 Å². The maximum atomic E-state index is 12.4. The van der Waals surface area contributed by atoms with E-state index in [1.807, 2.05) is 12.1 Å². The van der Waals surface area contributed by atoms with Crippen LogP contribution in [-0.4, -0.2) is 53.9 Å². The number of aliphatic hydroxyl groups is 1. The van der Waals surface area contributed by atoms with Crippen LogP contribution in [0.15, 0.2) is 42.6 Å². The molecule has 7 nitrogen and oxygen atoms in total. The number of aliphatic hydroxyl groups excluding tert-OH is 1. The Kier molecular flexibility index (Phi) is 12.3. The van der Waals surface area contributed by atoms with Crippen molar-refractivity contribution in [1.82, 2.24) is 20.9 Å². The van der Waals surface area contributed by atoms with Crippen molar-refractivity contribution in [1.29, 1.82) is 0 Å². The first kappa shape index (κ1) is 28.4. The normalized spacial score (nSPS) is 18.6. The van der Waals surface area contributed by atoms with Crippen LogP contribution in [0.4, 0.5) is 0 Å². The van der Waals surface area contributed by atoms with Gasteiger partial charge in [-0.1, -0.05) is 24.3 Å². The second kappa shape index (κ2) is 13.8. The van der Waals surface area contributed by atoms with Gasteiger partial charge in [-0.15, -0.1) is 37.2 Å². The van der Waals surface area contributed by atoms with E-state index in [4.69, 9.17) is 4.74 Å². The number of rotatable bonds is 6. The second-order valence-electron chi connectivity index (χ2n) is 7.69. The van der Waals surface area contributed by atoms with Crippen LogP contribution >= 0.6 is 37.2 Å². The Morgan fingerprint density at radius 1 is 1.12 bits per heavy atom. The molecule has 0 radical (unpaired) electrons. The molecule has 0 aliphatic carbocycles. The summed E-state index contributed by atoms with van der Waals surface area (Å²) >= 11 is 0. The summed E-state index contributed by atoms with van der Waals surface area (Å²) in [4.78, 5) is 16.7. The molecule has 1 amide bonds. The molecule has 1 aromatic heterocycles. The maximum absolute atomic E-state index is 12.4. The highest BCUT2D eigenvalue weighted by molar-refractivity contribution is 5.93. The number of fused-ring (bicyclic) bond motifs is 1. The fourth-order valence-electron chi connectivity index (χ4n) is 3.86. The van der Waals surface area contributed by atoms with E-state index in [-0.39, 0.29) is 61.8 Å². The van der Waals surface area contributed by atoms with Crippen LogP contribution < -0.4 is 20.7 Å². The Labute approximate surface area is 207 Å². The zero-order valence-electron chi connectivity index (χ0n) is 17.7. The Bertz CT molecular complexity index is 835. The smallest absolute Gasteiger partial charge is 0.252 e. The highest BCUT2D eigenvalue weighted by Crippen LogP contribution is 2.18. The average Bonchev–Trinajstić information content (AvgIpc) is 2.78. The van der Waals surface area contributed by atoms with Crippen LogP contribution in [-0.2, 0) is 13.0 Å². The van der Waals surface area contributed by atoms with Crippen LogP contribution in [0.2, 0.25) is 0 Å². The minimum absolute atomic E-state index is 0. The van der Waals surface area contributed by atoms with Crippen molar-refractivity contribution in [2.75, 3.05) is 19.6 Å². The van der Waals surface area contributed by atoms with E-state index in [1.54, 1.807) is 12.1 Å². The zero-order chi connectivity index (χ0) is 20.1. The van der Waals surface area contributed by atoms with Gasteiger partial charge in [0.05, 0.1) is 11.7 Å². The summed E-state index contributed by atoms with van der Waals surface area (Å²) in [5.41, 5.74) is 2.96. The van der Waals surface area contributed by atoms with Gasteiger partial charge in [0.2, 0.25) is 5.88 Å². The van der Waals surface area contributed by atoms with Crippen molar-refractivity contribution in [3.63, 3.8) is 0 Å². The second-order valence-corrected chi connectivity index (χ2v) is 7.69. The molecule has 2 aliphatic heterocycles. The summed E-state index contributed by atoms with van der Waals surface area (Å²) in [6, 6.07) is 11.6. The number of piperidine rings is 1. The molecule has 0 spiro atoms. The number of ether oxygens (including phenoxy) is 1.